The summed E-state index contributed by atoms with van der Waals surface area (Å²) < 4.78 is 32.6. The molecule has 0 fully saturated rings. The maximum Gasteiger partial charge on any atom is 0.196 e. The minimum atomic E-state index is -0.873. The maximum absolute atomic E-state index is 13.6. The van der Waals surface area contributed by atoms with E-state index in [4.69, 9.17) is 4.74 Å². The Labute approximate surface area is 129 Å². The Kier molecular flexibility index (Phi) is 5.07. The fourth-order valence-corrected chi connectivity index (χ4v) is 2.29. The summed E-state index contributed by atoms with van der Waals surface area (Å²) in [5.74, 6) is -1.47. The molecule has 2 rings (SSSR count). The molecule has 0 radical (unpaired) electrons. The van der Waals surface area contributed by atoms with E-state index in [9.17, 15) is 13.6 Å². The molecule has 0 spiro atoms. The molecule has 21 heavy (non-hydrogen) atoms. The summed E-state index contributed by atoms with van der Waals surface area (Å²) in [6, 6.07) is 7.67. The molecule has 110 valence electrons. The first kappa shape index (κ1) is 15.6. The van der Waals surface area contributed by atoms with Crippen LogP contribution >= 0.6 is 15.9 Å². The van der Waals surface area contributed by atoms with E-state index in [1.54, 1.807) is 18.2 Å². The predicted molar refractivity (Wildman–Crippen MR) is 79.7 cm³/mol. The summed E-state index contributed by atoms with van der Waals surface area (Å²) in [6.07, 6.45) is 0.869. The molecule has 0 atom stereocenters. The molecule has 0 heterocycles. The molecule has 5 heteroatoms. The summed E-state index contributed by atoms with van der Waals surface area (Å²) in [5, 5.41) is 0. The zero-order chi connectivity index (χ0) is 15.4. The summed E-state index contributed by atoms with van der Waals surface area (Å²) in [6.45, 7) is 2.56. The molecule has 0 saturated carbocycles. The maximum atomic E-state index is 13.6. The van der Waals surface area contributed by atoms with Gasteiger partial charge in [0.2, 0.25) is 0 Å². The van der Waals surface area contributed by atoms with Crippen molar-refractivity contribution in [3.63, 3.8) is 0 Å². The highest BCUT2D eigenvalue weighted by Gasteiger charge is 2.16. The Hall–Kier alpha value is -1.75. The molecular weight excluding hydrogens is 342 g/mol. The Morgan fingerprint density at radius 1 is 1.19 bits per heavy atom. The number of ether oxygens (including phenoxy) is 1. The number of benzene rings is 2. The van der Waals surface area contributed by atoms with Crippen LogP contribution in [0.3, 0.4) is 0 Å². The molecule has 0 aromatic heterocycles. The molecular formula is C16H13BrF2O2. The number of halogens is 3. The van der Waals surface area contributed by atoms with Gasteiger partial charge in [0, 0.05) is 11.6 Å². The van der Waals surface area contributed by atoms with Gasteiger partial charge in [0.25, 0.3) is 0 Å². The first-order valence-electron chi connectivity index (χ1n) is 6.45. The summed E-state index contributed by atoms with van der Waals surface area (Å²) in [4.78, 5) is 12.2. The highest BCUT2D eigenvalue weighted by molar-refractivity contribution is 9.10. The SMILES string of the molecule is CCCOc1ccc(C(=O)c2ccc(F)cc2F)cc1Br. The minimum Gasteiger partial charge on any atom is -0.492 e. The normalized spacial score (nSPS) is 10.5. The van der Waals surface area contributed by atoms with E-state index < -0.39 is 17.4 Å². The second kappa shape index (κ2) is 6.80. The number of rotatable bonds is 5. The Bertz CT molecular complexity index is 671. The lowest BCUT2D eigenvalue weighted by Gasteiger charge is -2.09. The van der Waals surface area contributed by atoms with Crippen molar-refractivity contribution in [3.05, 3.63) is 63.6 Å². The van der Waals surface area contributed by atoms with Gasteiger partial charge in [-0.25, -0.2) is 8.78 Å². The third-order valence-corrected chi connectivity index (χ3v) is 3.45. The molecule has 0 aliphatic heterocycles. The quantitative estimate of drug-likeness (QED) is 0.724. The third-order valence-electron chi connectivity index (χ3n) is 2.83. The number of hydrogen-bond donors (Lipinski definition) is 0. The lowest BCUT2D eigenvalue weighted by Crippen LogP contribution is -2.05. The zero-order valence-corrected chi connectivity index (χ0v) is 12.9. The molecule has 0 unspecified atom stereocenters. The fourth-order valence-electron chi connectivity index (χ4n) is 1.80. The molecule has 0 N–H and O–H groups in total. The van der Waals surface area contributed by atoms with Crippen molar-refractivity contribution in [3.8, 4) is 5.75 Å². The number of hydrogen-bond acceptors (Lipinski definition) is 2. The molecule has 0 aliphatic rings. The first-order chi connectivity index (χ1) is 10.0. The molecule has 0 bridgehead atoms. The van der Waals surface area contributed by atoms with Crippen LogP contribution in [0.2, 0.25) is 0 Å². The largest absolute Gasteiger partial charge is 0.492 e. The third kappa shape index (κ3) is 3.67. The van der Waals surface area contributed by atoms with Crippen molar-refractivity contribution >= 4 is 21.7 Å². The van der Waals surface area contributed by atoms with Gasteiger partial charge in [0.15, 0.2) is 5.78 Å². The molecule has 0 saturated heterocycles. The van der Waals surface area contributed by atoms with Crippen LogP contribution in [0.5, 0.6) is 5.75 Å². The van der Waals surface area contributed by atoms with Crippen molar-refractivity contribution in [2.24, 2.45) is 0 Å². The van der Waals surface area contributed by atoms with Crippen LogP contribution < -0.4 is 4.74 Å². The second-order valence-corrected chi connectivity index (χ2v) is 5.30. The van der Waals surface area contributed by atoms with Gasteiger partial charge in [-0.1, -0.05) is 6.92 Å². The summed E-state index contributed by atoms with van der Waals surface area (Å²) in [5.41, 5.74) is 0.141. The van der Waals surface area contributed by atoms with E-state index in [-0.39, 0.29) is 5.56 Å². The van der Waals surface area contributed by atoms with Gasteiger partial charge >= 0.3 is 0 Å². The highest BCUT2D eigenvalue weighted by Crippen LogP contribution is 2.27. The van der Waals surface area contributed by atoms with Gasteiger partial charge < -0.3 is 4.74 Å². The molecule has 0 amide bonds. The van der Waals surface area contributed by atoms with Crippen LogP contribution in [-0.4, -0.2) is 12.4 Å². The minimum absolute atomic E-state index is 0.162. The Morgan fingerprint density at radius 2 is 1.95 bits per heavy atom. The van der Waals surface area contributed by atoms with Crippen LogP contribution in [0.15, 0.2) is 40.9 Å². The van der Waals surface area contributed by atoms with E-state index in [1.807, 2.05) is 6.92 Å². The van der Waals surface area contributed by atoms with Crippen molar-refractivity contribution in [2.75, 3.05) is 6.61 Å². The van der Waals surface area contributed by atoms with Gasteiger partial charge in [0.05, 0.1) is 16.6 Å². The molecule has 0 aliphatic carbocycles. The van der Waals surface area contributed by atoms with Crippen LogP contribution in [0.1, 0.15) is 29.3 Å². The van der Waals surface area contributed by atoms with Crippen molar-refractivity contribution < 1.29 is 18.3 Å². The van der Waals surface area contributed by atoms with Crippen molar-refractivity contribution in [1.29, 1.82) is 0 Å². The lowest BCUT2D eigenvalue weighted by molar-refractivity contribution is 0.103. The van der Waals surface area contributed by atoms with Gasteiger partial charge in [-0.05, 0) is 52.7 Å². The average molecular weight is 355 g/mol. The monoisotopic (exact) mass is 354 g/mol. The van der Waals surface area contributed by atoms with E-state index in [0.29, 0.717) is 28.5 Å². The summed E-state index contributed by atoms with van der Waals surface area (Å²) in [7, 11) is 0. The fraction of sp³-hybridized carbons (Fsp3) is 0.188. The van der Waals surface area contributed by atoms with Gasteiger partial charge in [-0.15, -0.1) is 0 Å². The van der Waals surface area contributed by atoms with E-state index >= 15 is 0 Å². The first-order valence-corrected chi connectivity index (χ1v) is 7.24. The highest BCUT2D eigenvalue weighted by atomic mass is 79.9. The molecule has 2 aromatic rings. The number of carbonyl (C=O) groups is 1. The van der Waals surface area contributed by atoms with E-state index in [2.05, 4.69) is 15.9 Å². The van der Waals surface area contributed by atoms with Crippen LogP contribution in [0.4, 0.5) is 8.78 Å². The molecule has 2 aromatic carbocycles. The topological polar surface area (TPSA) is 26.3 Å². The lowest BCUT2D eigenvalue weighted by atomic mass is 10.0. The number of carbonyl (C=O) groups excluding carboxylic acids is 1. The Balaban J connectivity index is 2.29. The van der Waals surface area contributed by atoms with Crippen LogP contribution in [0, 0.1) is 11.6 Å². The van der Waals surface area contributed by atoms with Crippen LogP contribution in [0.25, 0.3) is 0 Å². The van der Waals surface area contributed by atoms with Crippen molar-refractivity contribution in [1.82, 2.24) is 0 Å². The standard InChI is InChI=1S/C16H13BrF2O2/c1-2-7-21-15-6-3-10(8-13(15)17)16(20)12-5-4-11(18)9-14(12)19/h3-6,8-9H,2,7H2,1H3. The number of ketones is 1. The molecule has 2 nitrogen and oxygen atoms in total. The zero-order valence-electron chi connectivity index (χ0n) is 11.3. The van der Waals surface area contributed by atoms with Crippen molar-refractivity contribution in [2.45, 2.75) is 13.3 Å². The summed E-state index contributed by atoms with van der Waals surface area (Å²) >= 11 is 3.32. The second-order valence-electron chi connectivity index (χ2n) is 4.45. The average Bonchev–Trinajstić information content (AvgIpc) is 2.45. The van der Waals surface area contributed by atoms with Gasteiger partial charge in [-0.3, -0.25) is 4.79 Å². The van der Waals surface area contributed by atoms with Gasteiger partial charge in [-0.2, -0.15) is 0 Å². The van der Waals surface area contributed by atoms with E-state index in [1.165, 1.54) is 0 Å². The smallest absolute Gasteiger partial charge is 0.196 e. The predicted octanol–water partition coefficient (Wildman–Crippen LogP) is 4.75. The van der Waals surface area contributed by atoms with Crippen LogP contribution in [-0.2, 0) is 0 Å². The van der Waals surface area contributed by atoms with Gasteiger partial charge in [0.1, 0.15) is 17.4 Å². The Morgan fingerprint density at radius 3 is 2.57 bits per heavy atom. The van der Waals surface area contributed by atoms with E-state index in [0.717, 1.165) is 18.6 Å².